The molecule has 0 radical (unpaired) electrons. The molecule has 4 heteroatoms. The van der Waals surface area contributed by atoms with E-state index in [1.165, 1.54) is 0 Å². The van der Waals surface area contributed by atoms with Crippen molar-refractivity contribution in [2.75, 3.05) is 0 Å². The van der Waals surface area contributed by atoms with Gasteiger partial charge in [-0.15, -0.1) is 0 Å². The summed E-state index contributed by atoms with van der Waals surface area (Å²) < 4.78 is 0.965. The average Bonchev–Trinajstić information content (AvgIpc) is 2.39. The number of hydrogen-bond donors (Lipinski definition) is 1. The fraction of sp³-hybridized carbons (Fsp3) is 0.533. The van der Waals surface area contributed by atoms with Gasteiger partial charge in [0.25, 0.3) is 5.91 Å². The van der Waals surface area contributed by atoms with Crippen molar-refractivity contribution in [3.8, 4) is 0 Å². The van der Waals surface area contributed by atoms with Crippen LogP contribution in [0.15, 0.2) is 18.2 Å². The van der Waals surface area contributed by atoms with Crippen LogP contribution in [0.4, 0.5) is 0 Å². The monoisotopic (exact) mass is 393 g/mol. The number of carbonyl (C=O) groups excluding carboxylic acids is 1. The maximum absolute atomic E-state index is 12.2. The molecule has 1 N–H and O–H groups in total. The van der Waals surface area contributed by atoms with E-state index in [0.717, 1.165) is 35.7 Å². The lowest BCUT2D eigenvalue weighted by Gasteiger charge is -2.18. The molecule has 0 spiro atoms. The topological polar surface area (TPSA) is 29.1 Å². The van der Waals surface area contributed by atoms with Crippen LogP contribution in [0.1, 0.15) is 56.3 Å². The summed E-state index contributed by atoms with van der Waals surface area (Å²) in [5.41, 5.74) is 0.642. The first kappa shape index (κ1) is 16.8. The van der Waals surface area contributed by atoms with Crippen molar-refractivity contribution in [3.05, 3.63) is 32.4 Å². The molecule has 0 bridgehead atoms. The van der Waals surface area contributed by atoms with E-state index in [4.69, 9.17) is 11.6 Å². The van der Waals surface area contributed by atoms with E-state index in [1.54, 1.807) is 6.07 Å². The molecular weight excluding hydrogens is 373 g/mol. The molecule has 0 heterocycles. The number of hydrogen-bond acceptors (Lipinski definition) is 1. The van der Waals surface area contributed by atoms with Gasteiger partial charge in [-0.25, -0.2) is 0 Å². The molecule has 0 aliphatic heterocycles. The maximum Gasteiger partial charge on any atom is 0.251 e. The second-order valence-corrected chi connectivity index (χ2v) is 6.30. The highest BCUT2D eigenvalue weighted by atomic mass is 127. The Hall–Kier alpha value is -0.290. The highest BCUT2D eigenvalue weighted by Crippen LogP contribution is 2.20. The zero-order valence-electron chi connectivity index (χ0n) is 11.5. The van der Waals surface area contributed by atoms with Crippen molar-refractivity contribution in [3.63, 3.8) is 0 Å². The summed E-state index contributed by atoms with van der Waals surface area (Å²) in [7, 11) is 0. The molecule has 1 aromatic rings. The van der Waals surface area contributed by atoms with E-state index in [2.05, 4.69) is 41.8 Å². The van der Waals surface area contributed by atoms with Gasteiger partial charge in [0.05, 0.1) is 5.02 Å². The van der Waals surface area contributed by atoms with Gasteiger partial charge in [-0.3, -0.25) is 4.79 Å². The Kier molecular flexibility index (Phi) is 7.76. The first-order chi connectivity index (χ1) is 9.08. The third kappa shape index (κ3) is 5.69. The molecular formula is C15H21ClINO. The first-order valence-corrected chi connectivity index (χ1v) is 8.30. The molecule has 0 saturated carbocycles. The molecule has 0 aliphatic rings. The van der Waals surface area contributed by atoms with Gasteiger partial charge in [0, 0.05) is 15.2 Å². The summed E-state index contributed by atoms with van der Waals surface area (Å²) in [5.74, 6) is -0.0205. The van der Waals surface area contributed by atoms with Gasteiger partial charge >= 0.3 is 0 Å². The van der Waals surface area contributed by atoms with Crippen LogP contribution in [0.2, 0.25) is 5.02 Å². The van der Waals surface area contributed by atoms with Crippen LogP contribution in [-0.2, 0) is 0 Å². The Balaban J connectivity index is 2.66. The summed E-state index contributed by atoms with van der Waals surface area (Å²) >= 11 is 8.21. The smallest absolute Gasteiger partial charge is 0.251 e. The van der Waals surface area contributed by atoms with Crippen molar-refractivity contribution < 1.29 is 4.79 Å². The highest BCUT2D eigenvalue weighted by Gasteiger charge is 2.13. The largest absolute Gasteiger partial charge is 0.349 e. The third-order valence-electron chi connectivity index (χ3n) is 3.06. The Morgan fingerprint density at radius 3 is 2.63 bits per heavy atom. The summed E-state index contributed by atoms with van der Waals surface area (Å²) in [6.45, 7) is 4.32. The lowest BCUT2D eigenvalue weighted by Crippen LogP contribution is -2.34. The number of halogens is 2. The van der Waals surface area contributed by atoms with Crippen molar-refractivity contribution in [2.45, 2.75) is 52.0 Å². The zero-order chi connectivity index (χ0) is 14.3. The number of benzene rings is 1. The Morgan fingerprint density at radius 1 is 1.32 bits per heavy atom. The highest BCUT2D eigenvalue weighted by molar-refractivity contribution is 14.1. The normalized spacial score (nSPS) is 12.2. The number of amides is 1. The predicted octanol–water partition coefficient (Wildman–Crippen LogP) is 5.03. The number of carbonyl (C=O) groups is 1. The molecule has 2 nitrogen and oxygen atoms in total. The minimum atomic E-state index is -0.0205. The molecule has 19 heavy (non-hydrogen) atoms. The summed E-state index contributed by atoms with van der Waals surface area (Å²) in [5, 5.41) is 3.75. The van der Waals surface area contributed by atoms with Crippen molar-refractivity contribution in [1.82, 2.24) is 5.32 Å². The predicted molar refractivity (Wildman–Crippen MR) is 89.9 cm³/mol. The van der Waals surface area contributed by atoms with Crippen LogP contribution in [0.3, 0.4) is 0 Å². The number of rotatable bonds is 7. The standard InChI is InChI=1S/C15H21ClINO/c1-3-5-7-12(6-4-2)18-15(19)11-8-9-14(17)13(16)10-11/h8-10,12H,3-7H2,1-2H3,(H,18,19). The Bertz CT molecular complexity index is 423. The average molecular weight is 394 g/mol. The van der Waals surface area contributed by atoms with Crippen LogP contribution in [-0.4, -0.2) is 11.9 Å². The molecule has 1 unspecified atom stereocenters. The quantitative estimate of drug-likeness (QED) is 0.647. The minimum absolute atomic E-state index is 0.0205. The van der Waals surface area contributed by atoms with Gasteiger partial charge in [-0.05, 0) is 53.6 Å². The molecule has 0 fully saturated rings. The van der Waals surface area contributed by atoms with Gasteiger partial charge in [-0.2, -0.15) is 0 Å². The van der Waals surface area contributed by atoms with Crippen LogP contribution in [0.5, 0.6) is 0 Å². The van der Waals surface area contributed by atoms with Gasteiger partial charge in [0.15, 0.2) is 0 Å². The number of nitrogens with one attached hydrogen (secondary N) is 1. The van der Waals surface area contributed by atoms with Crippen molar-refractivity contribution >= 4 is 40.1 Å². The van der Waals surface area contributed by atoms with Gasteiger partial charge in [-0.1, -0.05) is 44.7 Å². The lowest BCUT2D eigenvalue weighted by molar-refractivity contribution is 0.0932. The summed E-state index contributed by atoms with van der Waals surface area (Å²) in [6.07, 6.45) is 5.48. The van der Waals surface area contributed by atoms with E-state index in [9.17, 15) is 4.79 Å². The SMILES string of the molecule is CCCCC(CCC)NC(=O)c1ccc(I)c(Cl)c1. The molecule has 0 saturated heterocycles. The number of unbranched alkanes of at least 4 members (excludes halogenated alkanes) is 1. The second-order valence-electron chi connectivity index (χ2n) is 4.73. The fourth-order valence-corrected chi connectivity index (χ4v) is 2.51. The summed E-state index contributed by atoms with van der Waals surface area (Å²) in [6, 6.07) is 5.71. The van der Waals surface area contributed by atoms with Gasteiger partial charge < -0.3 is 5.32 Å². The van der Waals surface area contributed by atoms with Crippen LogP contribution in [0.25, 0.3) is 0 Å². The molecule has 1 atom stereocenters. The molecule has 1 amide bonds. The van der Waals surface area contributed by atoms with E-state index < -0.39 is 0 Å². The first-order valence-electron chi connectivity index (χ1n) is 6.84. The van der Waals surface area contributed by atoms with Crippen LogP contribution < -0.4 is 5.32 Å². The Morgan fingerprint density at radius 2 is 2.05 bits per heavy atom. The molecule has 0 aliphatic carbocycles. The van der Waals surface area contributed by atoms with Gasteiger partial charge in [0.2, 0.25) is 0 Å². The van der Waals surface area contributed by atoms with Crippen LogP contribution >= 0.6 is 34.2 Å². The fourth-order valence-electron chi connectivity index (χ4n) is 1.99. The molecule has 1 aromatic carbocycles. The van der Waals surface area contributed by atoms with Gasteiger partial charge in [0.1, 0.15) is 0 Å². The molecule has 1 rings (SSSR count). The van der Waals surface area contributed by atoms with Crippen molar-refractivity contribution in [1.29, 1.82) is 0 Å². The van der Waals surface area contributed by atoms with Crippen LogP contribution in [0, 0.1) is 3.57 Å². The van der Waals surface area contributed by atoms with E-state index >= 15 is 0 Å². The second kappa shape index (κ2) is 8.80. The van der Waals surface area contributed by atoms with E-state index in [-0.39, 0.29) is 11.9 Å². The minimum Gasteiger partial charge on any atom is -0.349 e. The molecule has 106 valence electrons. The zero-order valence-corrected chi connectivity index (χ0v) is 14.4. The van der Waals surface area contributed by atoms with E-state index in [0.29, 0.717) is 10.6 Å². The van der Waals surface area contributed by atoms with Crippen molar-refractivity contribution in [2.24, 2.45) is 0 Å². The lowest BCUT2D eigenvalue weighted by atomic mass is 10.0. The molecule has 0 aromatic heterocycles. The Labute approximate surface area is 134 Å². The van der Waals surface area contributed by atoms with E-state index in [1.807, 2.05) is 12.1 Å². The third-order valence-corrected chi connectivity index (χ3v) is 4.63. The summed E-state index contributed by atoms with van der Waals surface area (Å²) in [4.78, 5) is 12.2. The maximum atomic E-state index is 12.2.